The Kier molecular flexibility index (Phi) is 8.13. The van der Waals surface area contributed by atoms with Crippen molar-refractivity contribution in [3.05, 3.63) is 83.3 Å². The van der Waals surface area contributed by atoms with Crippen LogP contribution in [0.1, 0.15) is 40.5 Å². The van der Waals surface area contributed by atoms with Crippen LogP contribution in [-0.4, -0.2) is 43.9 Å². The van der Waals surface area contributed by atoms with E-state index in [-0.39, 0.29) is 23.3 Å². The number of fused-ring (bicyclic) bond motifs is 1. The summed E-state index contributed by atoms with van der Waals surface area (Å²) >= 11 is 0. The molecule has 0 radical (unpaired) electrons. The predicted molar refractivity (Wildman–Crippen MR) is 149 cm³/mol. The monoisotopic (exact) mass is 516 g/mol. The number of hydrogen-bond donors (Lipinski definition) is 2. The van der Waals surface area contributed by atoms with E-state index in [1.165, 1.54) is 12.4 Å². The average Bonchev–Trinajstić information content (AvgIpc) is 2.90. The molecule has 37 heavy (non-hydrogen) atoms. The van der Waals surface area contributed by atoms with E-state index in [1.807, 2.05) is 70.3 Å². The van der Waals surface area contributed by atoms with Gasteiger partial charge in [0.25, 0.3) is 5.91 Å². The summed E-state index contributed by atoms with van der Waals surface area (Å²) in [5.41, 5.74) is 9.91. The lowest BCUT2D eigenvalue weighted by atomic mass is 10.1. The van der Waals surface area contributed by atoms with E-state index >= 15 is 0 Å². The highest BCUT2D eigenvalue weighted by molar-refractivity contribution is 7.85. The predicted octanol–water partition coefficient (Wildman–Crippen LogP) is 4.18. The number of benzene rings is 2. The summed E-state index contributed by atoms with van der Waals surface area (Å²) in [4.78, 5) is 28.6. The van der Waals surface area contributed by atoms with Crippen LogP contribution >= 0.6 is 0 Å². The number of nitrogen functional groups attached to an aromatic ring is 1. The Hall–Kier alpha value is -3.85. The second kappa shape index (κ2) is 11.5. The standard InChI is InChI=1S/C28H32N6O2S/c1-18-8-10-23(11-9-18)37(36)20(3)12-15-34(4)27-22(16-21-7-5-6-19(2)24(21)33-27)17-32-28(35)25-26(29)31-14-13-30-25/h5-11,13-14,16,20H,12,15,17H2,1-4H3,(H2,29,31)(H,32,35). The largest absolute Gasteiger partial charge is 0.382 e. The van der Waals surface area contributed by atoms with Crippen LogP contribution in [0, 0.1) is 13.8 Å². The Balaban J connectivity index is 1.54. The highest BCUT2D eigenvalue weighted by atomic mass is 32.2. The fourth-order valence-electron chi connectivity index (χ4n) is 4.12. The second-order valence-electron chi connectivity index (χ2n) is 9.22. The van der Waals surface area contributed by atoms with Crippen molar-refractivity contribution < 1.29 is 9.00 Å². The smallest absolute Gasteiger partial charge is 0.273 e. The first-order valence-electron chi connectivity index (χ1n) is 12.2. The minimum absolute atomic E-state index is 0.0323. The molecule has 4 aromatic rings. The zero-order chi connectivity index (χ0) is 26.5. The van der Waals surface area contributed by atoms with Gasteiger partial charge in [0.05, 0.1) is 16.3 Å². The van der Waals surface area contributed by atoms with Crippen LogP contribution in [0.15, 0.2) is 65.8 Å². The van der Waals surface area contributed by atoms with Crippen LogP contribution in [-0.2, 0) is 17.3 Å². The molecule has 8 nitrogen and oxygen atoms in total. The molecule has 0 aliphatic carbocycles. The molecule has 3 N–H and O–H groups in total. The molecule has 2 unspecified atom stereocenters. The van der Waals surface area contributed by atoms with Crippen molar-refractivity contribution >= 4 is 39.2 Å². The quantitative estimate of drug-likeness (QED) is 0.343. The topological polar surface area (TPSA) is 114 Å². The summed E-state index contributed by atoms with van der Waals surface area (Å²) in [6.07, 6.45) is 3.60. The summed E-state index contributed by atoms with van der Waals surface area (Å²) in [5, 5.41) is 3.87. The maximum Gasteiger partial charge on any atom is 0.273 e. The zero-order valence-corrected chi connectivity index (χ0v) is 22.4. The third kappa shape index (κ3) is 6.11. The van der Waals surface area contributed by atoms with Crippen molar-refractivity contribution in [1.82, 2.24) is 20.3 Å². The Morgan fingerprint density at radius 3 is 2.57 bits per heavy atom. The Labute approximate surface area is 219 Å². The Bertz CT molecular complexity index is 1440. The third-order valence-corrected chi connectivity index (χ3v) is 8.04. The molecule has 0 saturated carbocycles. The van der Waals surface area contributed by atoms with Crippen LogP contribution in [0.3, 0.4) is 0 Å². The molecule has 0 spiro atoms. The molecule has 2 aromatic heterocycles. The molecular formula is C28H32N6O2S. The molecule has 0 aliphatic rings. The molecule has 9 heteroatoms. The van der Waals surface area contributed by atoms with E-state index in [0.29, 0.717) is 13.0 Å². The summed E-state index contributed by atoms with van der Waals surface area (Å²) < 4.78 is 13.0. The van der Waals surface area contributed by atoms with Crippen molar-refractivity contribution in [2.45, 2.75) is 43.9 Å². The molecule has 2 aromatic carbocycles. The lowest BCUT2D eigenvalue weighted by molar-refractivity contribution is 0.0946. The maximum atomic E-state index is 13.0. The molecule has 2 heterocycles. The van der Waals surface area contributed by atoms with E-state index in [4.69, 9.17) is 10.7 Å². The minimum Gasteiger partial charge on any atom is -0.382 e. The highest BCUT2D eigenvalue weighted by Gasteiger charge is 2.18. The number of carbonyl (C=O) groups is 1. The number of amides is 1. The molecule has 2 atom stereocenters. The number of anilines is 2. The van der Waals surface area contributed by atoms with Crippen molar-refractivity contribution in [1.29, 1.82) is 0 Å². The van der Waals surface area contributed by atoms with Gasteiger partial charge in [0.15, 0.2) is 11.5 Å². The van der Waals surface area contributed by atoms with Crippen molar-refractivity contribution in [3.8, 4) is 0 Å². The van der Waals surface area contributed by atoms with Gasteiger partial charge in [-0.15, -0.1) is 0 Å². The fraction of sp³-hybridized carbons (Fsp3) is 0.286. The third-order valence-electron chi connectivity index (χ3n) is 6.34. The van der Waals surface area contributed by atoms with Gasteiger partial charge in [-0.2, -0.15) is 0 Å². The number of aromatic nitrogens is 3. The number of nitrogens with one attached hydrogen (secondary N) is 1. The molecule has 0 aliphatic heterocycles. The zero-order valence-electron chi connectivity index (χ0n) is 21.6. The summed E-state index contributed by atoms with van der Waals surface area (Å²) in [7, 11) is 0.870. The number of pyridine rings is 1. The van der Waals surface area contributed by atoms with E-state index in [9.17, 15) is 9.00 Å². The van der Waals surface area contributed by atoms with Gasteiger partial charge in [0.1, 0.15) is 5.82 Å². The van der Waals surface area contributed by atoms with Crippen molar-refractivity contribution in [2.24, 2.45) is 0 Å². The van der Waals surface area contributed by atoms with Gasteiger partial charge in [0.2, 0.25) is 0 Å². The number of hydrogen-bond acceptors (Lipinski definition) is 7. The first kappa shape index (κ1) is 26.2. The van der Waals surface area contributed by atoms with E-state index in [1.54, 1.807) is 0 Å². The molecule has 0 fully saturated rings. The molecular weight excluding hydrogens is 484 g/mol. The van der Waals surface area contributed by atoms with Crippen molar-refractivity contribution in [2.75, 3.05) is 24.2 Å². The summed E-state index contributed by atoms with van der Waals surface area (Å²) in [6, 6.07) is 15.9. The highest BCUT2D eigenvalue weighted by Crippen LogP contribution is 2.26. The van der Waals surface area contributed by atoms with Gasteiger partial charge in [-0.1, -0.05) is 42.8 Å². The number of carbonyl (C=O) groups excluding carboxylic acids is 1. The number of nitrogens with two attached hydrogens (primary N) is 1. The minimum atomic E-state index is -1.10. The lowest BCUT2D eigenvalue weighted by Gasteiger charge is -2.24. The van der Waals surface area contributed by atoms with E-state index in [2.05, 4.69) is 26.3 Å². The Morgan fingerprint density at radius 2 is 1.84 bits per heavy atom. The van der Waals surface area contributed by atoms with Gasteiger partial charge in [0, 0.05) is 53.6 Å². The normalized spacial score (nSPS) is 12.8. The first-order chi connectivity index (χ1) is 17.7. The van der Waals surface area contributed by atoms with Crippen LogP contribution < -0.4 is 16.0 Å². The number of rotatable bonds is 9. The van der Waals surface area contributed by atoms with Gasteiger partial charge in [-0.05, 0) is 44.0 Å². The molecule has 4 rings (SSSR count). The van der Waals surface area contributed by atoms with Gasteiger partial charge in [-0.3, -0.25) is 9.00 Å². The number of aryl methyl sites for hydroxylation is 2. The van der Waals surface area contributed by atoms with E-state index < -0.39 is 16.7 Å². The average molecular weight is 517 g/mol. The SMILES string of the molecule is Cc1ccc(S(=O)C(C)CCN(C)c2nc3c(C)cccc3cc2CNC(=O)c2nccnc2N)cc1. The maximum absolute atomic E-state index is 13.0. The fourth-order valence-corrected chi connectivity index (χ4v) is 5.31. The van der Waals surface area contributed by atoms with Crippen LogP contribution in [0.2, 0.25) is 0 Å². The number of nitrogens with zero attached hydrogens (tertiary/aromatic N) is 4. The molecule has 192 valence electrons. The van der Waals surface area contributed by atoms with Crippen LogP contribution in [0.25, 0.3) is 10.9 Å². The van der Waals surface area contributed by atoms with E-state index in [0.717, 1.165) is 38.3 Å². The van der Waals surface area contributed by atoms with Crippen LogP contribution in [0.4, 0.5) is 11.6 Å². The van der Waals surface area contributed by atoms with Crippen LogP contribution in [0.5, 0.6) is 0 Å². The van der Waals surface area contributed by atoms with Crippen molar-refractivity contribution in [3.63, 3.8) is 0 Å². The van der Waals surface area contributed by atoms with Gasteiger partial charge < -0.3 is 16.0 Å². The van der Waals surface area contributed by atoms with Gasteiger partial charge >= 0.3 is 0 Å². The van der Waals surface area contributed by atoms with Gasteiger partial charge in [-0.25, -0.2) is 15.0 Å². The molecule has 0 saturated heterocycles. The summed E-state index contributed by atoms with van der Waals surface area (Å²) in [6.45, 7) is 6.96. The number of para-hydroxylation sites is 1. The lowest BCUT2D eigenvalue weighted by Crippen LogP contribution is -2.29. The summed E-state index contributed by atoms with van der Waals surface area (Å²) in [5.74, 6) is 0.452. The second-order valence-corrected chi connectivity index (χ2v) is 11.1. The first-order valence-corrected chi connectivity index (χ1v) is 13.4. The Morgan fingerprint density at radius 1 is 1.11 bits per heavy atom. The molecule has 1 amide bonds. The molecule has 0 bridgehead atoms.